The van der Waals surface area contributed by atoms with Crippen LogP contribution in [0.3, 0.4) is 0 Å². The lowest BCUT2D eigenvalue weighted by Gasteiger charge is -1.96. The van der Waals surface area contributed by atoms with Crippen LogP contribution in [0.15, 0.2) is 4.99 Å². The fourth-order valence-electron chi connectivity index (χ4n) is 1.13. The van der Waals surface area contributed by atoms with Crippen LogP contribution in [0.2, 0.25) is 0 Å². The summed E-state index contributed by atoms with van der Waals surface area (Å²) in [5, 5.41) is 3.53. The lowest BCUT2D eigenvalue weighted by molar-refractivity contribution is -0.116. The Morgan fingerprint density at radius 1 is 1.46 bits per heavy atom. The van der Waals surface area contributed by atoms with E-state index in [-0.39, 0.29) is 5.91 Å². The summed E-state index contributed by atoms with van der Waals surface area (Å²) >= 11 is 1.50. The maximum Gasteiger partial charge on any atom is 0.236 e. The number of nitrogens with zero attached hydrogens (tertiary/aromatic N) is 1. The number of hydrogen-bond acceptors (Lipinski definition) is 3. The molecule has 1 heterocycles. The first-order valence-corrected chi connectivity index (χ1v) is 5.78. The van der Waals surface area contributed by atoms with Gasteiger partial charge in [0.2, 0.25) is 5.91 Å². The maximum absolute atomic E-state index is 10.8. The fourth-order valence-corrected chi connectivity index (χ4v) is 1.84. The van der Waals surface area contributed by atoms with E-state index in [1.54, 1.807) is 0 Å². The Morgan fingerprint density at radius 3 is 2.92 bits per heavy atom. The molecule has 0 saturated carbocycles. The van der Waals surface area contributed by atoms with Crippen LogP contribution in [0.25, 0.3) is 0 Å². The van der Waals surface area contributed by atoms with Gasteiger partial charge in [0, 0.05) is 6.54 Å². The zero-order chi connectivity index (χ0) is 9.52. The van der Waals surface area contributed by atoms with Crippen LogP contribution < -0.4 is 5.32 Å². The minimum absolute atomic E-state index is 0.0808. The molecule has 1 amide bonds. The van der Waals surface area contributed by atoms with Gasteiger partial charge in [0.1, 0.15) is 0 Å². The molecule has 1 saturated heterocycles. The molecule has 0 aromatic heterocycles. The van der Waals surface area contributed by atoms with Crippen LogP contribution >= 0.6 is 11.8 Å². The molecule has 0 radical (unpaired) electrons. The molecular formula is C9H16N2OS. The van der Waals surface area contributed by atoms with Gasteiger partial charge in [-0.1, -0.05) is 37.9 Å². The second-order valence-electron chi connectivity index (χ2n) is 3.08. The number of nitrogens with one attached hydrogen (secondary N) is 1. The van der Waals surface area contributed by atoms with Gasteiger partial charge in [0.05, 0.1) is 5.75 Å². The number of carbonyl (C=O) groups is 1. The Bertz CT molecular complexity index is 204. The van der Waals surface area contributed by atoms with Crippen LogP contribution in [-0.2, 0) is 4.79 Å². The van der Waals surface area contributed by atoms with Gasteiger partial charge in [-0.15, -0.1) is 0 Å². The van der Waals surface area contributed by atoms with Gasteiger partial charge in [-0.05, 0) is 6.42 Å². The van der Waals surface area contributed by atoms with E-state index in [2.05, 4.69) is 17.2 Å². The second-order valence-corrected chi connectivity index (χ2v) is 4.05. The van der Waals surface area contributed by atoms with Gasteiger partial charge in [0.15, 0.2) is 5.17 Å². The van der Waals surface area contributed by atoms with Crippen LogP contribution in [0.4, 0.5) is 0 Å². The lowest BCUT2D eigenvalue weighted by atomic mass is 10.2. The SMILES string of the molecule is CCCCCC/N=C1/NC(=O)CS1. The normalized spacial score (nSPS) is 19.5. The summed E-state index contributed by atoms with van der Waals surface area (Å²) in [5.74, 6) is 0.616. The summed E-state index contributed by atoms with van der Waals surface area (Å²) in [6, 6.07) is 0. The smallest absolute Gasteiger partial charge is 0.236 e. The van der Waals surface area contributed by atoms with Gasteiger partial charge >= 0.3 is 0 Å². The predicted octanol–water partition coefficient (Wildman–Crippen LogP) is 1.79. The predicted molar refractivity (Wildman–Crippen MR) is 57.0 cm³/mol. The minimum atomic E-state index is 0.0808. The van der Waals surface area contributed by atoms with Crippen molar-refractivity contribution in [2.24, 2.45) is 4.99 Å². The topological polar surface area (TPSA) is 41.5 Å². The molecule has 3 nitrogen and oxygen atoms in total. The van der Waals surface area contributed by atoms with Crippen LogP contribution in [0, 0.1) is 0 Å². The number of amides is 1. The molecule has 74 valence electrons. The zero-order valence-corrected chi connectivity index (χ0v) is 8.82. The van der Waals surface area contributed by atoms with Crippen LogP contribution in [-0.4, -0.2) is 23.4 Å². The van der Waals surface area contributed by atoms with Gasteiger partial charge < -0.3 is 5.32 Å². The molecule has 0 unspecified atom stereocenters. The highest BCUT2D eigenvalue weighted by Gasteiger charge is 2.15. The van der Waals surface area contributed by atoms with E-state index in [9.17, 15) is 4.79 Å². The number of hydrogen-bond donors (Lipinski definition) is 1. The minimum Gasteiger partial charge on any atom is -0.305 e. The largest absolute Gasteiger partial charge is 0.305 e. The molecule has 0 spiro atoms. The summed E-state index contributed by atoms with van der Waals surface area (Å²) < 4.78 is 0. The van der Waals surface area contributed by atoms with Crippen molar-refractivity contribution < 1.29 is 4.79 Å². The summed E-state index contributed by atoms with van der Waals surface area (Å²) in [5.41, 5.74) is 0. The lowest BCUT2D eigenvalue weighted by Crippen LogP contribution is -2.20. The van der Waals surface area contributed by atoms with Crippen molar-refractivity contribution in [3.05, 3.63) is 0 Å². The van der Waals surface area contributed by atoms with Crippen LogP contribution in [0.5, 0.6) is 0 Å². The third kappa shape index (κ3) is 4.31. The molecule has 0 aromatic rings. The number of carbonyl (C=O) groups excluding carboxylic acids is 1. The van der Waals surface area contributed by atoms with E-state index < -0.39 is 0 Å². The molecule has 1 N–H and O–H groups in total. The highest BCUT2D eigenvalue weighted by molar-refractivity contribution is 8.15. The molecule has 4 heteroatoms. The Labute approximate surface area is 83.4 Å². The van der Waals surface area contributed by atoms with Gasteiger partial charge in [0.25, 0.3) is 0 Å². The first-order chi connectivity index (χ1) is 6.33. The Balaban J connectivity index is 2.07. The number of unbranched alkanes of at least 4 members (excludes halogenated alkanes) is 3. The van der Waals surface area contributed by atoms with Crippen molar-refractivity contribution in [3.8, 4) is 0 Å². The van der Waals surface area contributed by atoms with Crippen molar-refractivity contribution >= 4 is 22.8 Å². The molecule has 13 heavy (non-hydrogen) atoms. The first kappa shape index (κ1) is 10.6. The van der Waals surface area contributed by atoms with Crippen molar-refractivity contribution in [1.29, 1.82) is 0 Å². The molecular weight excluding hydrogens is 184 g/mol. The number of thioether (sulfide) groups is 1. The average Bonchev–Trinajstić information content (AvgIpc) is 2.51. The number of aliphatic imine (C=N–C) groups is 1. The first-order valence-electron chi connectivity index (χ1n) is 4.80. The standard InChI is InChI=1S/C9H16N2OS/c1-2-3-4-5-6-10-9-11-8(12)7-13-9/h2-7H2,1H3,(H,10,11,12). The second kappa shape index (κ2) is 6.02. The third-order valence-corrected chi connectivity index (χ3v) is 2.76. The van der Waals surface area contributed by atoms with E-state index >= 15 is 0 Å². The van der Waals surface area contributed by atoms with Gasteiger partial charge in [-0.3, -0.25) is 9.79 Å². The molecule has 0 aliphatic carbocycles. The van der Waals surface area contributed by atoms with Gasteiger partial charge in [-0.25, -0.2) is 0 Å². The zero-order valence-electron chi connectivity index (χ0n) is 8.01. The summed E-state index contributed by atoms with van der Waals surface area (Å²) in [6.45, 7) is 3.04. The van der Waals surface area contributed by atoms with E-state index in [1.807, 2.05) is 0 Å². The molecule has 1 rings (SSSR count). The van der Waals surface area contributed by atoms with Crippen molar-refractivity contribution in [3.63, 3.8) is 0 Å². The molecule has 1 fully saturated rings. The molecule has 1 aliphatic rings. The highest BCUT2D eigenvalue weighted by Crippen LogP contribution is 2.09. The number of rotatable bonds is 5. The van der Waals surface area contributed by atoms with E-state index in [1.165, 1.54) is 31.0 Å². The molecule has 0 atom stereocenters. The average molecular weight is 200 g/mol. The van der Waals surface area contributed by atoms with E-state index in [0.29, 0.717) is 5.75 Å². The molecule has 0 bridgehead atoms. The van der Waals surface area contributed by atoms with Crippen molar-refractivity contribution in [2.45, 2.75) is 32.6 Å². The van der Waals surface area contributed by atoms with E-state index in [0.717, 1.165) is 18.1 Å². The summed E-state index contributed by atoms with van der Waals surface area (Å²) in [4.78, 5) is 15.1. The molecule has 0 aromatic carbocycles. The molecule has 1 aliphatic heterocycles. The number of amidine groups is 1. The quantitative estimate of drug-likeness (QED) is 0.687. The third-order valence-electron chi connectivity index (χ3n) is 1.85. The van der Waals surface area contributed by atoms with Crippen molar-refractivity contribution in [1.82, 2.24) is 5.32 Å². The maximum atomic E-state index is 10.8. The fraction of sp³-hybridized carbons (Fsp3) is 0.778. The van der Waals surface area contributed by atoms with Gasteiger partial charge in [-0.2, -0.15) is 0 Å². The summed E-state index contributed by atoms with van der Waals surface area (Å²) in [7, 11) is 0. The van der Waals surface area contributed by atoms with E-state index in [4.69, 9.17) is 0 Å². The Hall–Kier alpha value is -0.510. The highest BCUT2D eigenvalue weighted by atomic mass is 32.2. The van der Waals surface area contributed by atoms with Crippen LogP contribution in [0.1, 0.15) is 32.6 Å². The Kier molecular flexibility index (Phi) is 4.90. The Morgan fingerprint density at radius 2 is 2.31 bits per heavy atom. The monoisotopic (exact) mass is 200 g/mol. The summed E-state index contributed by atoms with van der Waals surface area (Å²) in [6.07, 6.45) is 4.91. The van der Waals surface area contributed by atoms with Crippen molar-refractivity contribution in [2.75, 3.05) is 12.3 Å².